The summed E-state index contributed by atoms with van der Waals surface area (Å²) in [4.78, 5) is 0. The summed E-state index contributed by atoms with van der Waals surface area (Å²) in [5, 5.41) is 0. The van der Waals surface area contributed by atoms with Crippen LogP contribution in [0.3, 0.4) is 0 Å². The zero-order valence-corrected chi connectivity index (χ0v) is 21.6. The van der Waals surface area contributed by atoms with Crippen molar-refractivity contribution in [3.8, 4) is 11.1 Å². The molecule has 0 amide bonds. The summed E-state index contributed by atoms with van der Waals surface area (Å²) in [6, 6.07) is 27.7. The van der Waals surface area contributed by atoms with Crippen molar-refractivity contribution in [1.82, 2.24) is 0 Å². The van der Waals surface area contributed by atoms with Crippen LogP contribution in [-0.2, 0) is 25.7 Å². The van der Waals surface area contributed by atoms with Gasteiger partial charge in [-0.05, 0) is 77.3 Å². The summed E-state index contributed by atoms with van der Waals surface area (Å²) in [5.74, 6) is 1.99. The summed E-state index contributed by atoms with van der Waals surface area (Å²) < 4.78 is 0. The Labute approximate surface area is 208 Å². The molecule has 0 bridgehead atoms. The van der Waals surface area contributed by atoms with Crippen molar-refractivity contribution in [2.24, 2.45) is 11.8 Å². The molecule has 0 atom stereocenters. The van der Waals surface area contributed by atoms with Crippen LogP contribution in [0.1, 0.15) is 87.5 Å². The summed E-state index contributed by atoms with van der Waals surface area (Å²) in [6.45, 7) is 4.57. The molecule has 0 aliphatic heterocycles. The Balaban J connectivity index is 1.21. The first-order chi connectivity index (χ1) is 16.7. The number of benzene rings is 3. The zero-order chi connectivity index (χ0) is 23.6. The van der Waals surface area contributed by atoms with E-state index in [0.29, 0.717) is 0 Å². The molecule has 0 radical (unpaired) electrons. The minimum atomic E-state index is 0.963. The van der Waals surface area contributed by atoms with E-state index < -0.39 is 0 Å². The van der Waals surface area contributed by atoms with E-state index >= 15 is 0 Å². The van der Waals surface area contributed by atoms with Crippen LogP contribution < -0.4 is 0 Å². The van der Waals surface area contributed by atoms with E-state index in [0.717, 1.165) is 24.7 Å². The van der Waals surface area contributed by atoms with E-state index in [2.05, 4.69) is 86.6 Å². The Hall–Kier alpha value is -2.34. The fraction of sp³-hybridized carbons (Fsp3) is 0.471. The Morgan fingerprint density at radius 1 is 0.441 bits per heavy atom. The first kappa shape index (κ1) is 24.8. The standard InChI is InChI=1S/C34H44/c1-3-5-27-7-9-29(10-8-27)11-12-30-13-15-31(16-14-30)17-18-32-21-25-34(26-22-32)33-23-19-28(6-4-2)20-24-33/h13-16,19-27,29H,3-12,17-18H2,1-2H3. The van der Waals surface area contributed by atoms with Gasteiger partial charge in [-0.2, -0.15) is 0 Å². The highest BCUT2D eigenvalue weighted by Crippen LogP contribution is 2.33. The number of hydrogen-bond acceptors (Lipinski definition) is 0. The van der Waals surface area contributed by atoms with Crippen molar-refractivity contribution >= 4 is 0 Å². The van der Waals surface area contributed by atoms with E-state index in [-0.39, 0.29) is 0 Å². The van der Waals surface area contributed by atoms with Gasteiger partial charge in [-0.3, -0.25) is 0 Å². The Morgan fingerprint density at radius 3 is 1.26 bits per heavy atom. The normalized spacial score (nSPS) is 18.2. The first-order valence-corrected chi connectivity index (χ1v) is 14.0. The van der Waals surface area contributed by atoms with Crippen molar-refractivity contribution in [1.29, 1.82) is 0 Å². The molecule has 0 heteroatoms. The molecular weight excluding hydrogens is 408 g/mol. The third-order valence-electron chi connectivity index (χ3n) is 8.01. The predicted molar refractivity (Wildman–Crippen MR) is 148 cm³/mol. The fourth-order valence-electron chi connectivity index (χ4n) is 5.77. The molecule has 0 heterocycles. The van der Waals surface area contributed by atoms with Crippen LogP contribution in [0.2, 0.25) is 0 Å². The third kappa shape index (κ3) is 7.33. The van der Waals surface area contributed by atoms with E-state index in [9.17, 15) is 0 Å². The second-order valence-corrected chi connectivity index (χ2v) is 10.7. The van der Waals surface area contributed by atoms with Crippen LogP contribution in [-0.4, -0.2) is 0 Å². The van der Waals surface area contributed by atoms with Gasteiger partial charge in [-0.1, -0.05) is 132 Å². The van der Waals surface area contributed by atoms with E-state index in [1.54, 1.807) is 0 Å². The minimum absolute atomic E-state index is 0.963. The molecule has 0 nitrogen and oxygen atoms in total. The molecular formula is C34H44. The van der Waals surface area contributed by atoms with E-state index in [1.165, 1.54) is 97.6 Å². The van der Waals surface area contributed by atoms with Crippen LogP contribution in [0.4, 0.5) is 0 Å². The summed E-state index contributed by atoms with van der Waals surface area (Å²) in [6.07, 6.45) is 15.9. The molecule has 180 valence electrons. The van der Waals surface area contributed by atoms with Gasteiger partial charge in [-0.25, -0.2) is 0 Å². The van der Waals surface area contributed by atoms with Gasteiger partial charge in [0.1, 0.15) is 0 Å². The maximum absolute atomic E-state index is 2.38. The summed E-state index contributed by atoms with van der Waals surface area (Å²) in [5.41, 5.74) is 8.47. The maximum Gasteiger partial charge on any atom is -0.0184 e. The molecule has 1 saturated carbocycles. The summed E-state index contributed by atoms with van der Waals surface area (Å²) in [7, 11) is 0. The van der Waals surface area contributed by atoms with Crippen LogP contribution in [0, 0.1) is 11.8 Å². The average molecular weight is 453 g/mol. The highest BCUT2D eigenvalue weighted by molar-refractivity contribution is 5.64. The molecule has 0 aromatic heterocycles. The van der Waals surface area contributed by atoms with E-state index in [4.69, 9.17) is 0 Å². The molecule has 3 aromatic rings. The molecule has 1 aliphatic carbocycles. The lowest BCUT2D eigenvalue weighted by molar-refractivity contribution is 0.252. The number of aryl methyl sites for hydroxylation is 4. The molecule has 0 unspecified atom stereocenters. The molecule has 3 aromatic carbocycles. The quantitative estimate of drug-likeness (QED) is 0.271. The van der Waals surface area contributed by atoms with Crippen LogP contribution >= 0.6 is 0 Å². The van der Waals surface area contributed by atoms with Gasteiger partial charge in [0.25, 0.3) is 0 Å². The summed E-state index contributed by atoms with van der Waals surface area (Å²) >= 11 is 0. The third-order valence-corrected chi connectivity index (χ3v) is 8.01. The highest BCUT2D eigenvalue weighted by Gasteiger charge is 2.20. The fourth-order valence-corrected chi connectivity index (χ4v) is 5.77. The number of rotatable bonds is 11. The van der Waals surface area contributed by atoms with Gasteiger partial charge in [0.05, 0.1) is 0 Å². The zero-order valence-electron chi connectivity index (χ0n) is 21.6. The Bertz CT molecular complexity index is 954. The molecule has 0 N–H and O–H groups in total. The smallest absolute Gasteiger partial charge is 0.0184 e. The van der Waals surface area contributed by atoms with Gasteiger partial charge in [0, 0.05) is 0 Å². The Morgan fingerprint density at radius 2 is 0.824 bits per heavy atom. The second kappa shape index (κ2) is 12.9. The molecule has 1 aliphatic rings. The van der Waals surface area contributed by atoms with Crippen LogP contribution in [0.25, 0.3) is 11.1 Å². The average Bonchev–Trinajstić information content (AvgIpc) is 2.89. The second-order valence-electron chi connectivity index (χ2n) is 10.7. The van der Waals surface area contributed by atoms with Crippen LogP contribution in [0.5, 0.6) is 0 Å². The van der Waals surface area contributed by atoms with Gasteiger partial charge in [0.15, 0.2) is 0 Å². The highest BCUT2D eigenvalue weighted by atomic mass is 14.3. The lowest BCUT2D eigenvalue weighted by atomic mass is 9.78. The Kier molecular flexibility index (Phi) is 9.43. The molecule has 1 fully saturated rings. The molecule has 34 heavy (non-hydrogen) atoms. The van der Waals surface area contributed by atoms with Crippen molar-refractivity contribution in [3.63, 3.8) is 0 Å². The van der Waals surface area contributed by atoms with Gasteiger partial charge >= 0.3 is 0 Å². The van der Waals surface area contributed by atoms with Gasteiger partial charge in [0.2, 0.25) is 0 Å². The van der Waals surface area contributed by atoms with Crippen molar-refractivity contribution in [2.45, 2.75) is 90.9 Å². The lowest BCUT2D eigenvalue weighted by Gasteiger charge is -2.28. The van der Waals surface area contributed by atoms with Crippen molar-refractivity contribution < 1.29 is 0 Å². The molecule has 4 rings (SSSR count). The van der Waals surface area contributed by atoms with Gasteiger partial charge < -0.3 is 0 Å². The monoisotopic (exact) mass is 452 g/mol. The van der Waals surface area contributed by atoms with E-state index in [1.807, 2.05) is 0 Å². The molecule has 0 spiro atoms. The van der Waals surface area contributed by atoms with Crippen LogP contribution in [0.15, 0.2) is 72.8 Å². The maximum atomic E-state index is 2.38. The first-order valence-electron chi connectivity index (χ1n) is 14.0. The predicted octanol–water partition coefficient (Wildman–Crippen LogP) is 9.63. The largest absolute Gasteiger partial charge is 0.0654 e. The molecule has 0 saturated heterocycles. The van der Waals surface area contributed by atoms with Gasteiger partial charge in [-0.15, -0.1) is 0 Å². The minimum Gasteiger partial charge on any atom is -0.0654 e. The SMILES string of the molecule is CCCc1ccc(-c2ccc(CCc3ccc(CCC4CCC(CCC)CC4)cc3)cc2)cc1. The van der Waals surface area contributed by atoms with Crippen molar-refractivity contribution in [3.05, 3.63) is 95.1 Å². The number of hydrogen-bond donors (Lipinski definition) is 0. The lowest BCUT2D eigenvalue weighted by Crippen LogP contribution is -2.15. The van der Waals surface area contributed by atoms with Crippen molar-refractivity contribution in [2.75, 3.05) is 0 Å². The topological polar surface area (TPSA) is 0 Å².